The lowest BCUT2D eigenvalue weighted by Gasteiger charge is -2.07. The number of para-hydroxylation sites is 1. The smallest absolute Gasteiger partial charge is 0.329 e. The first-order valence-corrected chi connectivity index (χ1v) is 8.53. The molecule has 1 aliphatic rings. The molecule has 0 aliphatic carbocycles. The minimum Gasteiger partial charge on any atom is -0.483 e. The minimum atomic E-state index is -0.933. The van der Waals surface area contributed by atoms with Gasteiger partial charge >= 0.3 is 11.8 Å². The van der Waals surface area contributed by atoms with Gasteiger partial charge in [0, 0.05) is 12.1 Å². The van der Waals surface area contributed by atoms with Crippen molar-refractivity contribution in [3.63, 3.8) is 0 Å². The van der Waals surface area contributed by atoms with E-state index >= 15 is 0 Å². The number of hydrogen-bond acceptors (Lipinski definition) is 7. The molecule has 29 heavy (non-hydrogen) atoms. The average molecular weight is 398 g/mol. The van der Waals surface area contributed by atoms with Crippen molar-refractivity contribution in [1.29, 1.82) is 0 Å². The molecular weight excluding hydrogens is 380 g/mol. The molecule has 10 nitrogen and oxygen atoms in total. The Morgan fingerprint density at radius 3 is 2.72 bits per heavy atom. The lowest BCUT2D eigenvalue weighted by molar-refractivity contribution is -0.139. The van der Waals surface area contributed by atoms with Crippen molar-refractivity contribution >= 4 is 23.9 Å². The zero-order valence-electron chi connectivity index (χ0n) is 15.2. The van der Waals surface area contributed by atoms with E-state index in [-0.39, 0.29) is 19.9 Å². The number of fused-ring (bicyclic) bond motifs is 1. The zero-order chi connectivity index (χ0) is 20.6. The van der Waals surface area contributed by atoms with Crippen LogP contribution in [0.3, 0.4) is 0 Å². The van der Waals surface area contributed by atoms with Crippen LogP contribution in [0.15, 0.2) is 47.6 Å². The third-order valence-electron chi connectivity index (χ3n) is 3.75. The normalized spacial score (nSPS) is 11.9. The first kappa shape index (κ1) is 19.7. The zero-order valence-corrected chi connectivity index (χ0v) is 15.2. The molecular formula is C19H18N4O6. The fourth-order valence-corrected chi connectivity index (χ4v) is 2.39. The molecule has 3 rings (SSSR count). The molecule has 3 amide bonds. The molecule has 0 fully saturated rings. The quantitative estimate of drug-likeness (QED) is 0.342. The molecule has 0 bridgehead atoms. The number of hydrogen-bond donors (Lipinski definition) is 3. The number of nitrogens with two attached hydrogens (primary N) is 1. The Morgan fingerprint density at radius 1 is 1.10 bits per heavy atom. The van der Waals surface area contributed by atoms with Crippen LogP contribution in [-0.4, -0.2) is 37.3 Å². The molecule has 0 saturated carbocycles. The van der Waals surface area contributed by atoms with Gasteiger partial charge in [-0.05, 0) is 29.8 Å². The molecule has 0 radical (unpaired) electrons. The van der Waals surface area contributed by atoms with Gasteiger partial charge in [-0.2, -0.15) is 5.10 Å². The first-order chi connectivity index (χ1) is 14.0. The fourth-order valence-electron chi connectivity index (χ4n) is 2.39. The topological polar surface area (TPSA) is 141 Å². The highest BCUT2D eigenvalue weighted by atomic mass is 16.7. The van der Waals surface area contributed by atoms with Crippen molar-refractivity contribution < 1.29 is 28.6 Å². The minimum absolute atomic E-state index is 0.135. The molecule has 0 unspecified atom stereocenters. The van der Waals surface area contributed by atoms with Crippen LogP contribution >= 0.6 is 0 Å². The molecule has 2 aromatic carbocycles. The van der Waals surface area contributed by atoms with Gasteiger partial charge in [-0.25, -0.2) is 5.43 Å². The summed E-state index contributed by atoms with van der Waals surface area (Å²) in [5, 5.41) is 6.22. The van der Waals surface area contributed by atoms with Crippen LogP contribution in [0.2, 0.25) is 0 Å². The van der Waals surface area contributed by atoms with Gasteiger partial charge in [0.25, 0.3) is 5.91 Å². The van der Waals surface area contributed by atoms with Crippen molar-refractivity contribution in [3.05, 3.63) is 53.6 Å². The summed E-state index contributed by atoms with van der Waals surface area (Å²) in [5.41, 5.74) is 8.42. The van der Waals surface area contributed by atoms with E-state index < -0.39 is 17.7 Å². The second-order valence-electron chi connectivity index (χ2n) is 5.86. The number of amides is 3. The van der Waals surface area contributed by atoms with Crippen LogP contribution in [0, 0.1) is 0 Å². The van der Waals surface area contributed by atoms with Gasteiger partial charge in [-0.15, -0.1) is 0 Å². The maximum absolute atomic E-state index is 11.9. The van der Waals surface area contributed by atoms with E-state index in [0.717, 1.165) is 5.56 Å². The Balaban J connectivity index is 1.50. The van der Waals surface area contributed by atoms with Gasteiger partial charge in [-0.1, -0.05) is 18.2 Å². The van der Waals surface area contributed by atoms with Crippen LogP contribution < -0.4 is 30.7 Å². The Kier molecular flexibility index (Phi) is 6.25. The lowest BCUT2D eigenvalue weighted by atomic mass is 10.2. The number of carbonyl (C=O) groups excluding carboxylic acids is 3. The average Bonchev–Trinajstić information content (AvgIpc) is 3.19. The molecule has 0 saturated heterocycles. The summed E-state index contributed by atoms with van der Waals surface area (Å²) in [4.78, 5) is 34.6. The van der Waals surface area contributed by atoms with Crippen LogP contribution in [0.5, 0.6) is 17.2 Å². The van der Waals surface area contributed by atoms with Crippen molar-refractivity contribution in [3.8, 4) is 17.2 Å². The summed E-state index contributed by atoms with van der Waals surface area (Å²) in [6.45, 7) is -0.00186. The monoisotopic (exact) mass is 398 g/mol. The highest BCUT2D eigenvalue weighted by Crippen LogP contribution is 2.32. The number of rotatable bonds is 7. The summed E-state index contributed by atoms with van der Waals surface area (Å²) < 4.78 is 15.7. The molecule has 0 aromatic heterocycles. The van der Waals surface area contributed by atoms with Crippen LogP contribution in [0.4, 0.5) is 0 Å². The predicted molar refractivity (Wildman–Crippen MR) is 101 cm³/mol. The van der Waals surface area contributed by atoms with E-state index in [4.69, 9.17) is 19.9 Å². The summed E-state index contributed by atoms with van der Waals surface area (Å²) >= 11 is 0. The molecule has 0 spiro atoms. The van der Waals surface area contributed by atoms with Crippen molar-refractivity contribution in [2.45, 2.75) is 6.54 Å². The maximum atomic E-state index is 11.9. The molecule has 1 aliphatic heterocycles. The molecule has 0 atom stereocenters. The number of hydrazone groups is 1. The highest BCUT2D eigenvalue weighted by molar-refractivity contribution is 6.35. The number of benzene rings is 2. The maximum Gasteiger partial charge on any atom is 0.329 e. The van der Waals surface area contributed by atoms with Crippen LogP contribution in [-0.2, 0) is 20.9 Å². The Hall–Kier alpha value is -4.08. The van der Waals surface area contributed by atoms with Crippen LogP contribution in [0.25, 0.3) is 0 Å². The number of ether oxygens (including phenoxy) is 3. The molecule has 10 heteroatoms. The number of nitrogens with zero attached hydrogens (tertiary/aromatic N) is 1. The first-order valence-electron chi connectivity index (χ1n) is 8.53. The van der Waals surface area contributed by atoms with Crippen molar-refractivity contribution in [2.24, 2.45) is 10.8 Å². The van der Waals surface area contributed by atoms with Crippen molar-refractivity contribution in [2.75, 3.05) is 13.4 Å². The fraction of sp³-hybridized carbons (Fsp3) is 0.158. The number of nitrogens with one attached hydrogen (secondary N) is 2. The van der Waals surface area contributed by atoms with E-state index in [9.17, 15) is 14.4 Å². The largest absolute Gasteiger partial charge is 0.483 e. The van der Waals surface area contributed by atoms with Crippen LogP contribution in [0.1, 0.15) is 11.1 Å². The number of primary amides is 1. The van der Waals surface area contributed by atoms with Gasteiger partial charge < -0.3 is 25.3 Å². The molecule has 150 valence electrons. The Labute approximate surface area is 165 Å². The van der Waals surface area contributed by atoms with E-state index in [1.54, 1.807) is 42.5 Å². The van der Waals surface area contributed by atoms with Gasteiger partial charge in [0.2, 0.25) is 6.79 Å². The molecule has 4 N–H and O–H groups in total. The van der Waals surface area contributed by atoms with Gasteiger partial charge in [0.05, 0.1) is 6.21 Å². The second-order valence-corrected chi connectivity index (χ2v) is 5.86. The third kappa shape index (κ3) is 5.45. The van der Waals surface area contributed by atoms with E-state index in [1.807, 2.05) is 0 Å². The standard InChI is InChI=1S/C19H18N4O6/c20-17(24)10-27-14-4-2-1-3-13(14)9-22-23-19(26)18(25)21-8-12-5-6-15-16(7-12)29-11-28-15/h1-7,9H,8,10-11H2,(H2,20,24)(H,21,25)(H,23,26)/b22-9-. The highest BCUT2D eigenvalue weighted by Gasteiger charge is 2.15. The van der Waals surface area contributed by atoms with E-state index in [2.05, 4.69) is 15.8 Å². The number of carbonyl (C=O) groups is 3. The predicted octanol–water partition coefficient (Wildman–Crippen LogP) is 0.0459. The van der Waals surface area contributed by atoms with Gasteiger partial charge in [0.15, 0.2) is 18.1 Å². The third-order valence-corrected chi connectivity index (χ3v) is 3.75. The van der Waals surface area contributed by atoms with E-state index in [1.165, 1.54) is 6.21 Å². The molecule has 1 heterocycles. The summed E-state index contributed by atoms with van der Waals surface area (Å²) in [5.74, 6) is -0.827. The van der Waals surface area contributed by atoms with Gasteiger partial charge in [0.1, 0.15) is 5.75 Å². The molecule has 2 aromatic rings. The lowest BCUT2D eigenvalue weighted by Crippen LogP contribution is -2.37. The SMILES string of the molecule is NC(=O)COc1ccccc1/C=N\NC(=O)C(=O)NCc1ccc2c(c1)OCO2. The van der Waals surface area contributed by atoms with Gasteiger partial charge in [-0.3, -0.25) is 14.4 Å². The van der Waals surface area contributed by atoms with Crippen molar-refractivity contribution in [1.82, 2.24) is 10.7 Å². The Morgan fingerprint density at radius 2 is 1.90 bits per heavy atom. The summed E-state index contributed by atoms with van der Waals surface area (Å²) in [6, 6.07) is 11.9. The van der Waals surface area contributed by atoms with E-state index in [0.29, 0.717) is 22.8 Å². The summed E-state index contributed by atoms with van der Waals surface area (Å²) in [7, 11) is 0. The Bertz CT molecular complexity index is 959. The second kappa shape index (κ2) is 9.22. The summed E-state index contributed by atoms with van der Waals surface area (Å²) in [6.07, 6.45) is 1.29.